The maximum atomic E-state index is 4.60. The quantitative estimate of drug-likeness (QED) is 0.166. The number of hydrogen-bond donors (Lipinski definition) is 0. The lowest BCUT2D eigenvalue weighted by molar-refractivity contribution is 0.743. The first-order valence-corrected chi connectivity index (χ1v) is 20.4. The molecule has 6 heterocycles. The van der Waals surface area contributed by atoms with Gasteiger partial charge in [-0.05, 0) is 81.8 Å². The van der Waals surface area contributed by atoms with E-state index < -0.39 is 0 Å². The van der Waals surface area contributed by atoms with Crippen LogP contribution < -0.4 is 0 Å². The highest BCUT2D eigenvalue weighted by molar-refractivity contribution is 5.63. The fourth-order valence-electron chi connectivity index (χ4n) is 6.70. The largest absolute Gasteiger partial charge is 0.272 e. The Morgan fingerprint density at radius 2 is 0.758 bits per heavy atom. The van der Waals surface area contributed by atoms with Crippen LogP contribution in [-0.4, -0.2) is 49.1 Å². The maximum Gasteiger partial charge on any atom is 0.153 e. The third-order valence-electron chi connectivity index (χ3n) is 9.85. The summed E-state index contributed by atoms with van der Waals surface area (Å²) in [5.74, 6) is 1.68. The van der Waals surface area contributed by atoms with Crippen LogP contribution in [0.4, 0.5) is 0 Å². The minimum Gasteiger partial charge on any atom is -0.272 e. The first-order valence-electron chi connectivity index (χ1n) is 20.4. The number of rotatable bonds is 6. The fourth-order valence-corrected chi connectivity index (χ4v) is 6.70. The van der Waals surface area contributed by atoms with E-state index in [4.69, 9.17) is 0 Å². The zero-order chi connectivity index (χ0) is 43.3. The van der Waals surface area contributed by atoms with Gasteiger partial charge in [0, 0.05) is 54.6 Å². The molecular formula is C52H50N10. The molecule has 0 aliphatic heterocycles. The van der Waals surface area contributed by atoms with Gasteiger partial charge < -0.3 is 0 Å². The summed E-state index contributed by atoms with van der Waals surface area (Å²) in [6.07, 6.45) is 3.56. The number of nitrogens with zero attached hydrogens (tertiary/aromatic N) is 10. The van der Waals surface area contributed by atoms with Gasteiger partial charge in [-0.25, -0.2) is 19.3 Å². The minimum absolute atomic E-state index is 0.837. The van der Waals surface area contributed by atoms with Crippen molar-refractivity contribution in [2.45, 2.75) is 27.7 Å². The topological polar surface area (TPSA) is 97.1 Å². The standard InChI is InChI=1S/2C15H13N3.2C11H12N2/c1-12-11-14(13-7-3-2-4-8-13)17-18(12)15-9-5-6-10-16-15;1-12-11-14(13-7-3-2-4-8-13)18(17-12)15-9-5-6-10-16-15;1-9-8-11(12-13(9)2)10-6-4-3-5-7-10;1-9-8-11(13(2)12-9)10-6-4-3-5-7-10/h2*2-11H,1H3;2*3-8H,1-2H3. The van der Waals surface area contributed by atoms with Gasteiger partial charge in [-0.1, -0.05) is 133 Å². The molecule has 0 fully saturated rings. The van der Waals surface area contributed by atoms with Crippen LogP contribution in [0.5, 0.6) is 0 Å². The molecule has 0 aliphatic carbocycles. The molecule has 0 unspecified atom stereocenters. The molecule has 0 radical (unpaired) electrons. The van der Waals surface area contributed by atoms with Crippen LogP contribution in [-0.2, 0) is 14.1 Å². The molecule has 0 saturated carbocycles. The molecule has 6 aromatic heterocycles. The Morgan fingerprint density at radius 3 is 1.21 bits per heavy atom. The first-order chi connectivity index (χ1) is 30.2. The summed E-state index contributed by atoms with van der Waals surface area (Å²) in [6.45, 7) is 8.09. The average Bonchev–Trinajstić information content (AvgIpc) is 4.10. The predicted octanol–water partition coefficient (Wildman–Crippen LogP) is 11.3. The molecule has 10 rings (SSSR count). The van der Waals surface area contributed by atoms with Gasteiger partial charge in [0.25, 0.3) is 0 Å². The number of benzene rings is 4. The van der Waals surface area contributed by atoms with Crippen molar-refractivity contribution in [2.75, 3.05) is 0 Å². The van der Waals surface area contributed by atoms with Crippen LogP contribution in [0.25, 0.3) is 56.7 Å². The summed E-state index contributed by atoms with van der Waals surface area (Å²) in [6, 6.07) is 60.9. The van der Waals surface area contributed by atoms with Crippen molar-refractivity contribution in [3.05, 3.63) is 217 Å². The number of hydrogen-bond acceptors (Lipinski definition) is 6. The minimum atomic E-state index is 0.837. The average molecular weight is 815 g/mol. The van der Waals surface area contributed by atoms with Gasteiger partial charge in [0.05, 0.1) is 34.2 Å². The summed E-state index contributed by atoms with van der Waals surface area (Å²) in [4.78, 5) is 8.67. The van der Waals surface area contributed by atoms with Gasteiger partial charge in [0.1, 0.15) is 0 Å². The second-order valence-electron chi connectivity index (χ2n) is 14.6. The maximum absolute atomic E-state index is 4.60. The van der Waals surface area contributed by atoms with E-state index in [2.05, 4.69) is 110 Å². The van der Waals surface area contributed by atoms with Gasteiger partial charge >= 0.3 is 0 Å². The van der Waals surface area contributed by atoms with Gasteiger partial charge in [0.2, 0.25) is 0 Å². The molecule has 0 saturated heterocycles. The monoisotopic (exact) mass is 814 g/mol. The van der Waals surface area contributed by atoms with Gasteiger partial charge in [0.15, 0.2) is 11.6 Å². The van der Waals surface area contributed by atoms with Crippen LogP contribution in [0.2, 0.25) is 0 Å². The number of aromatic nitrogens is 10. The zero-order valence-corrected chi connectivity index (χ0v) is 35.9. The van der Waals surface area contributed by atoms with Crippen molar-refractivity contribution in [1.82, 2.24) is 49.1 Å². The molecular weight excluding hydrogens is 765 g/mol. The van der Waals surface area contributed by atoms with E-state index >= 15 is 0 Å². The lowest BCUT2D eigenvalue weighted by Gasteiger charge is -2.05. The summed E-state index contributed by atoms with van der Waals surface area (Å²) >= 11 is 0. The summed E-state index contributed by atoms with van der Waals surface area (Å²) < 4.78 is 7.54. The Kier molecular flexibility index (Phi) is 13.8. The van der Waals surface area contributed by atoms with E-state index in [1.807, 2.05) is 163 Å². The van der Waals surface area contributed by atoms with E-state index in [1.165, 1.54) is 16.8 Å². The summed E-state index contributed by atoms with van der Waals surface area (Å²) in [5, 5.41) is 17.8. The van der Waals surface area contributed by atoms with E-state index in [0.29, 0.717) is 0 Å². The first kappa shape index (κ1) is 42.2. The highest BCUT2D eigenvalue weighted by atomic mass is 15.3. The van der Waals surface area contributed by atoms with Crippen LogP contribution in [0.3, 0.4) is 0 Å². The number of aryl methyl sites for hydroxylation is 6. The third kappa shape index (κ3) is 10.8. The fraction of sp³-hybridized carbons (Fsp3) is 0.115. The van der Waals surface area contributed by atoms with Crippen molar-refractivity contribution in [3.8, 4) is 56.7 Å². The number of pyridine rings is 2. The van der Waals surface area contributed by atoms with Crippen LogP contribution in [0.15, 0.2) is 194 Å². The molecule has 10 heteroatoms. The second-order valence-corrected chi connectivity index (χ2v) is 14.6. The van der Waals surface area contributed by atoms with E-state index in [0.717, 1.165) is 62.6 Å². The Hall–Kier alpha value is -7.98. The van der Waals surface area contributed by atoms with E-state index in [-0.39, 0.29) is 0 Å². The molecule has 0 N–H and O–H groups in total. The highest BCUT2D eigenvalue weighted by Crippen LogP contribution is 2.24. The molecule has 0 bridgehead atoms. The Balaban J connectivity index is 0.000000126. The second kappa shape index (κ2) is 20.3. The van der Waals surface area contributed by atoms with Crippen molar-refractivity contribution in [2.24, 2.45) is 14.1 Å². The molecule has 0 aliphatic rings. The third-order valence-corrected chi connectivity index (χ3v) is 9.85. The van der Waals surface area contributed by atoms with Crippen LogP contribution >= 0.6 is 0 Å². The Labute approximate surface area is 363 Å². The lowest BCUT2D eigenvalue weighted by atomic mass is 10.1. The molecule has 0 atom stereocenters. The Bertz CT molecular complexity index is 2800. The van der Waals surface area contributed by atoms with Crippen molar-refractivity contribution < 1.29 is 0 Å². The van der Waals surface area contributed by atoms with Gasteiger partial charge in [-0.2, -0.15) is 20.4 Å². The molecule has 0 spiro atoms. The van der Waals surface area contributed by atoms with E-state index in [9.17, 15) is 0 Å². The highest BCUT2D eigenvalue weighted by Gasteiger charge is 2.11. The van der Waals surface area contributed by atoms with Gasteiger partial charge in [-0.3, -0.25) is 9.36 Å². The SMILES string of the molecule is Cc1cc(-c2ccccc2)n(-c2ccccn2)n1.Cc1cc(-c2ccccc2)n(C)n1.Cc1cc(-c2ccccc2)nn1-c1ccccn1.Cc1cc(-c2ccccc2)nn1C. The molecule has 10 aromatic rings. The summed E-state index contributed by atoms with van der Waals surface area (Å²) in [7, 11) is 3.93. The smallest absolute Gasteiger partial charge is 0.153 e. The molecule has 0 amide bonds. The van der Waals surface area contributed by atoms with Crippen LogP contribution in [0.1, 0.15) is 22.8 Å². The lowest BCUT2D eigenvalue weighted by Crippen LogP contribution is -2.01. The van der Waals surface area contributed by atoms with Crippen molar-refractivity contribution in [3.63, 3.8) is 0 Å². The van der Waals surface area contributed by atoms with Crippen LogP contribution in [0, 0.1) is 27.7 Å². The molecule has 62 heavy (non-hydrogen) atoms. The van der Waals surface area contributed by atoms with Crippen molar-refractivity contribution >= 4 is 0 Å². The molecule has 4 aromatic carbocycles. The molecule has 10 nitrogen and oxygen atoms in total. The van der Waals surface area contributed by atoms with E-state index in [1.54, 1.807) is 12.4 Å². The summed E-state index contributed by atoms with van der Waals surface area (Å²) in [5.41, 5.74) is 13.2. The normalized spacial score (nSPS) is 10.4. The van der Waals surface area contributed by atoms with Gasteiger partial charge in [-0.15, -0.1) is 0 Å². The molecule has 308 valence electrons. The Morgan fingerprint density at radius 1 is 0.339 bits per heavy atom. The van der Waals surface area contributed by atoms with Crippen molar-refractivity contribution in [1.29, 1.82) is 0 Å². The predicted molar refractivity (Wildman–Crippen MR) is 250 cm³/mol. The zero-order valence-electron chi connectivity index (χ0n) is 35.9.